The predicted molar refractivity (Wildman–Crippen MR) is 138 cm³/mol. The third-order valence-corrected chi connectivity index (χ3v) is 9.28. The zero-order chi connectivity index (χ0) is 26.9. The molecule has 1 aliphatic heterocycles. The minimum absolute atomic E-state index is 0.00901. The largest absolute Gasteiger partial charge is 0.393 e. The number of benzene rings is 1. The monoisotopic (exact) mass is 539 g/mol. The van der Waals surface area contributed by atoms with Gasteiger partial charge in [-0.1, -0.05) is 0 Å². The lowest BCUT2D eigenvalue weighted by atomic mass is 9.89. The first-order valence-corrected chi connectivity index (χ1v) is 14.1. The van der Waals surface area contributed by atoms with Crippen molar-refractivity contribution in [1.29, 1.82) is 0 Å². The SMILES string of the molecule is CNS(=O)(=O)c1cc(-c2ccn3nc(N)c(C(=O)NC4CC(O)C4)c3n2)cc2c1C(=O)N(C(C)C1CC1)C2. The van der Waals surface area contributed by atoms with Gasteiger partial charge in [0.15, 0.2) is 11.5 Å². The van der Waals surface area contributed by atoms with Crippen LogP contribution in [0.15, 0.2) is 29.3 Å². The Morgan fingerprint density at radius 2 is 2.00 bits per heavy atom. The smallest absolute Gasteiger partial charge is 0.259 e. The summed E-state index contributed by atoms with van der Waals surface area (Å²) >= 11 is 0. The normalized spacial score (nSPS) is 21.9. The molecule has 2 aromatic heterocycles. The van der Waals surface area contributed by atoms with Crippen LogP contribution >= 0.6 is 0 Å². The van der Waals surface area contributed by atoms with E-state index in [1.165, 1.54) is 17.6 Å². The molecule has 0 radical (unpaired) electrons. The summed E-state index contributed by atoms with van der Waals surface area (Å²) in [5, 5.41) is 16.6. The maximum atomic E-state index is 13.4. The molecule has 2 fully saturated rings. The molecular formula is C25H29N7O5S. The number of rotatable bonds is 7. The minimum atomic E-state index is -3.96. The Labute approximate surface area is 219 Å². The van der Waals surface area contributed by atoms with Gasteiger partial charge in [0.25, 0.3) is 11.8 Å². The number of carbonyl (C=O) groups is 2. The van der Waals surface area contributed by atoms with E-state index in [-0.39, 0.29) is 45.5 Å². The third-order valence-electron chi connectivity index (χ3n) is 7.84. The number of aromatic nitrogens is 3. The molecule has 0 spiro atoms. The molecule has 5 N–H and O–H groups in total. The van der Waals surface area contributed by atoms with Gasteiger partial charge in [-0.3, -0.25) is 9.59 Å². The maximum absolute atomic E-state index is 13.4. The minimum Gasteiger partial charge on any atom is -0.393 e. The van der Waals surface area contributed by atoms with Gasteiger partial charge < -0.3 is 21.1 Å². The first-order chi connectivity index (χ1) is 18.1. The highest BCUT2D eigenvalue weighted by Crippen LogP contribution is 2.40. The Bertz CT molecular complexity index is 1590. The molecule has 3 heterocycles. The second kappa shape index (κ2) is 8.75. The van der Waals surface area contributed by atoms with Crippen LogP contribution in [0.2, 0.25) is 0 Å². The Balaban J connectivity index is 1.43. The van der Waals surface area contributed by atoms with Gasteiger partial charge in [-0.25, -0.2) is 22.6 Å². The zero-order valence-corrected chi connectivity index (χ0v) is 21.8. The van der Waals surface area contributed by atoms with Crippen molar-refractivity contribution >= 4 is 33.3 Å². The molecule has 0 saturated heterocycles. The van der Waals surface area contributed by atoms with Gasteiger partial charge in [0.2, 0.25) is 10.0 Å². The van der Waals surface area contributed by atoms with E-state index in [2.05, 4.69) is 20.1 Å². The lowest BCUT2D eigenvalue weighted by molar-refractivity contribution is 0.0563. The Kier molecular flexibility index (Phi) is 5.70. The first kappa shape index (κ1) is 24.8. The number of nitrogen functional groups attached to an aromatic ring is 1. The predicted octanol–water partition coefficient (Wildman–Crippen LogP) is 0.894. The number of aliphatic hydroxyl groups is 1. The fraction of sp³-hybridized carbons (Fsp3) is 0.440. The Morgan fingerprint density at radius 1 is 1.26 bits per heavy atom. The molecule has 12 nitrogen and oxygen atoms in total. The number of fused-ring (bicyclic) bond motifs is 2. The maximum Gasteiger partial charge on any atom is 0.259 e. The Hall–Kier alpha value is -3.55. The highest BCUT2D eigenvalue weighted by molar-refractivity contribution is 7.89. The second-order valence-electron chi connectivity index (χ2n) is 10.4. The number of anilines is 1. The van der Waals surface area contributed by atoms with Gasteiger partial charge in [0, 0.05) is 30.4 Å². The summed E-state index contributed by atoms with van der Waals surface area (Å²) in [4.78, 5) is 32.6. The number of aliphatic hydroxyl groups excluding tert-OH is 1. The molecule has 13 heteroatoms. The zero-order valence-electron chi connectivity index (χ0n) is 21.0. The lowest BCUT2D eigenvalue weighted by Crippen LogP contribution is -2.46. The van der Waals surface area contributed by atoms with E-state index in [1.807, 2.05) is 6.92 Å². The molecule has 2 saturated carbocycles. The summed E-state index contributed by atoms with van der Waals surface area (Å²) in [6.45, 7) is 2.32. The number of hydrogen-bond acceptors (Lipinski definition) is 8. The van der Waals surface area contributed by atoms with Crippen LogP contribution in [-0.2, 0) is 16.6 Å². The van der Waals surface area contributed by atoms with Crippen LogP contribution in [-0.4, -0.2) is 70.1 Å². The van der Waals surface area contributed by atoms with E-state index in [0.29, 0.717) is 42.1 Å². The van der Waals surface area contributed by atoms with E-state index >= 15 is 0 Å². The van der Waals surface area contributed by atoms with Gasteiger partial charge in [-0.2, -0.15) is 0 Å². The van der Waals surface area contributed by atoms with Crippen molar-refractivity contribution in [3.8, 4) is 11.3 Å². The number of carbonyl (C=O) groups excluding carboxylic acids is 2. The fourth-order valence-electron chi connectivity index (χ4n) is 5.36. The van der Waals surface area contributed by atoms with Gasteiger partial charge in [-0.15, -0.1) is 5.10 Å². The summed E-state index contributed by atoms with van der Waals surface area (Å²) in [6.07, 6.45) is 4.23. The Morgan fingerprint density at radius 3 is 2.66 bits per heavy atom. The second-order valence-corrected chi connectivity index (χ2v) is 12.2. The lowest BCUT2D eigenvalue weighted by Gasteiger charge is -2.31. The molecule has 3 aromatic rings. The van der Waals surface area contributed by atoms with Crippen LogP contribution in [0.3, 0.4) is 0 Å². The number of sulfonamides is 1. The molecule has 1 unspecified atom stereocenters. The molecule has 2 amide bonds. The topological polar surface area (TPSA) is 172 Å². The summed E-state index contributed by atoms with van der Waals surface area (Å²) in [7, 11) is -2.65. The van der Waals surface area contributed by atoms with E-state index in [0.717, 1.165) is 12.8 Å². The molecule has 0 bridgehead atoms. The third kappa shape index (κ3) is 4.01. The fourth-order valence-corrected chi connectivity index (χ4v) is 6.35. The first-order valence-electron chi connectivity index (χ1n) is 12.6. The number of hydrogen-bond donors (Lipinski definition) is 4. The number of amides is 2. The molecule has 38 heavy (non-hydrogen) atoms. The summed E-state index contributed by atoms with van der Waals surface area (Å²) in [6, 6.07) is 4.75. The van der Waals surface area contributed by atoms with Crippen LogP contribution in [0.1, 0.15) is 58.9 Å². The van der Waals surface area contributed by atoms with Crippen LogP contribution in [0.25, 0.3) is 16.9 Å². The van der Waals surface area contributed by atoms with Crippen molar-refractivity contribution in [3.63, 3.8) is 0 Å². The summed E-state index contributed by atoms with van der Waals surface area (Å²) in [5.41, 5.74) is 8.08. The highest BCUT2D eigenvalue weighted by atomic mass is 32.2. The van der Waals surface area contributed by atoms with Crippen molar-refractivity contribution in [2.45, 2.75) is 62.2 Å². The summed E-state index contributed by atoms with van der Waals surface area (Å²) < 4.78 is 29.8. The van der Waals surface area contributed by atoms with E-state index in [4.69, 9.17) is 5.73 Å². The molecule has 6 rings (SSSR count). The molecule has 3 aliphatic rings. The quantitative estimate of drug-likeness (QED) is 0.343. The number of nitrogens with one attached hydrogen (secondary N) is 2. The molecule has 200 valence electrons. The standard InChI is InChI=1S/C25H29N7O5S/c1-12(13-3-4-13)31-11-15-7-14(8-19(20(15)25(31)35)38(36,37)27-2)18-5-6-32-23(29-18)21(22(26)30-32)24(34)28-16-9-17(33)10-16/h5-8,12-13,16-17,27,33H,3-4,9-11H2,1-2H3,(H2,26,30)(H,28,34). The molecule has 2 aliphatic carbocycles. The van der Waals surface area contributed by atoms with Crippen LogP contribution in [0, 0.1) is 5.92 Å². The number of nitrogens with two attached hydrogens (primary N) is 1. The van der Waals surface area contributed by atoms with E-state index < -0.39 is 22.0 Å². The molecule has 1 atom stereocenters. The van der Waals surface area contributed by atoms with Crippen molar-refractivity contribution in [2.24, 2.45) is 5.92 Å². The van der Waals surface area contributed by atoms with Crippen molar-refractivity contribution in [3.05, 3.63) is 41.1 Å². The van der Waals surface area contributed by atoms with Crippen LogP contribution < -0.4 is 15.8 Å². The average molecular weight is 540 g/mol. The van der Waals surface area contributed by atoms with Crippen LogP contribution in [0.4, 0.5) is 5.82 Å². The van der Waals surface area contributed by atoms with Gasteiger partial charge in [0.05, 0.1) is 22.3 Å². The van der Waals surface area contributed by atoms with E-state index in [1.54, 1.807) is 23.2 Å². The molecule has 1 aromatic carbocycles. The van der Waals surface area contributed by atoms with Crippen molar-refractivity contribution in [2.75, 3.05) is 12.8 Å². The van der Waals surface area contributed by atoms with E-state index in [9.17, 15) is 23.1 Å². The highest BCUT2D eigenvalue weighted by Gasteiger charge is 2.41. The van der Waals surface area contributed by atoms with Gasteiger partial charge in [-0.05, 0) is 69.3 Å². The molecular weight excluding hydrogens is 510 g/mol. The average Bonchev–Trinajstić information content (AvgIpc) is 3.59. The van der Waals surface area contributed by atoms with Gasteiger partial charge >= 0.3 is 0 Å². The number of nitrogens with zero attached hydrogens (tertiary/aromatic N) is 4. The van der Waals surface area contributed by atoms with Crippen molar-refractivity contribution in [1.82, 2.24) is 29.5 Å². The van der Waals surface area contributed by atoms with Crippen molar-refractivity contribution < 1.29 is 23.1 Å². The van der Waals surface area contributed by atoms with Crippen LogP contribution in [0.5, 0.6) is 0 Å². The van der Waals surface area contributed by atoms with Gasteiger partial charge in [0.1, 0.15) is 5.56 Å². The summed E-state index contributed by atoms with van der Waals surface area (Å²) in [5.74, 6) is -0.287.